The van der Waals surface area contributed by atoms with Crippen LogP contribution in [0.25, 0.3) is 11.1 Å². The minimum atomic E-state index is 0.294. The van der Waals surface area contributed by atoms with Crippen molar-refractivity contribution in [2.75, 3.05) is 0 Å². The van der Waals surface area contributed by atoms with Gasteiger partial charge in [0.25, 0.3) is 0 Å². The molecule has 1 atom stereocenters. The van der Waals surface area contributed by atoms with Crippen LogP contribution in [0.4, 0.5) is 0 Å². The molecule has 0 bridgehead atoms. The van der Waals surface area contributed by atoms with Crippen LogP contribution in [0.5, 0.6) is 0 Å². The number of benzene rings is 2. The summed E-state index contributed by atoms with van der Waals surface area (Å²) in [5.74, 6) is 0. The van der Waals surface area contributed by atoms with Gasteiger partial charge in [0.15, 0.2) is 6.71 Å². The molecule has 0 radical (unpaired) electrons. The first-order valence-electron chi connectivity index (χ1n) is 11.6. The van der Waals surface area contributed by atoms with Gasteiger partial charge in [-0.05, 0) is 45.9 Å². The van der Waals surface area contributed by atoms with Gasteiger partial charge >= 0.3 is 0 Å². The van der Waals surface area contributed by atoms with Crippen molar-refractivity contribution in [2.24, 2.45) is 10.8 Å². The molecule has 1 saturated carbocycles. The molecule has 2 aromatic rings. The average Bonchev–Trinajstić information content (AvgIpc) is 3.12. The lowest BCUT2D eigenvalue weighted by molar-refractivity contribution is 0.146. The Kier molecular flexibility index (Phi) is 4.14. The second-order valence-electron chi connectivity index (χ2n) is 10.9. The maximum Gasteiger partial charge on any atom is 0.176 e. The van der Waals surface area contributed by atoms with Crippen molar-refractivity contribution in [3.63, 3.8) is 0 Å². The fourth-order valence-electron chi connectivity index (χ4n) is 7.03. The van der Waals surface area contributed by atoms with E-state index in [9.17, 15) is 0 Å². The summed E-state index contributed by atoms with van der Waals surface area (Å²) in [6, 6.07) is 16.9. The summed E-state index contributed by atoms with van der Waals surface area (Å²) < 4.78 is 0. The summed E-state index contributed by atoms with van der Waals surface area (Å²) in [6.45, 7) is 10.6. The van der Waals surface area contributed by atoms with Gasteiger partial charge in [-0.2, -0.15) is 0 Å². The van der Waals surface area contributed by atoms with Gasteiger partial charge < -0.3 is 0 Å². The third-order valence-electron chi connectivity index (χ3n) is 9.34. The van der Waals surface area contributed by atoms with Crippen molar-refractivity contribution in [1.82, 2.24) is 0 Å². The summed E-state index contributed by atoms with van der Waals surface area (Å²) >= 11 is 0. The smallest absolute Gasteiger partial charge is 0.0797 e. The lowest BCUT2D eigenvalue weighted by atomic mass is 9.41. The molecule has 0 nitrogen and oxygen atoms in total. The molecular formula is C27H35B. The Morgan fingerprint density at radius 2 is 1.54 bits per heavy atom. The summed E-state index contributed by atoms with van der Waals surface area (Å²) in [4.78, 5) is 0. The molecule has 0 N–H and O–H groups in total. The van der Waals surface area contributed by atoms with Gasteiger partial charge in [-0.15, -0.1) is 0 Å². The van der Waals surface area contributed by atoms with E-state index in [2.05, 4.69) is 70.2 Å². The lowest BCUT2D eigenvalue weighted by Crippen LogP contribution is -2.32. The molecule has 1 saturated heterocycles. The zero-order chi connectivity index (χ0) is 19.6. The van der Waals surface area contributed by atoms with E-state index in [0.29, 0.717) is 16.2 Å². The van der Waals surface area contributed by atoms with E-state index >= 15 is 0 Å². The van der Waals surface area contributed by atoms with E-state index in [4.69, 9.17) is 0 Å². The number of hydrogen-bond acceptors (Lipinski definition) is 0. The van der Waals surface area contributed by atoms with Crippen molar-refractivity contribution < 1.29 is 0 Å². The fourth-order valence-corrected chi connectivity index (χ4v) is 7.03. The number of hydrogen-bond donors (Lipinski definition) is 0. The molecule has 28 heavy (non-hydrogen) atoms. The molecule has 3 aliphatic rings. The van der Waals surface area contributed by atoms with E-state index in [-0.39, 0.29) is 0 Å². The Bertz CT molecular complexity index is 902. The van der Waals surface area contributed by atoms with Gasteiger partial charge in [-0.3, -0.25) is 0 Å². The molecule has 1 heteroatoms. The quantitative estimate of drug-likeness (QED) is 0.496. The zero-order valence-corrected chi connectivity index (χ0v) is 18.3. The van der Waals surface area contributed by atoms with Crippen molar-refractivity contribution in [3.05, 3.63) is 53.6 Å². The first-order chi connectivity index (χ1) is 13.4. The Hall–Kier alpha value is -1.50. The Morgan fingerprint density at radius 1 is 0.821 bits per heavy atom. The monoisotopic (exact) mass is 370 g/mol. The zero-order valence-electron chi connectivity index (χ0n) is 18.3. The van der Waals surface area contributed by atoms with Gasteiger partial charge in [0.2, 0.25) is 0 Å². The van der Waals surface area contributed by atoms with Crippen LogP contribution in [0.15, 0.2) is 42.5 Å². The molecule has 5 rings (SSSR count). The predicted octanol–water partition coefficient (Wildman–Crippen LogP) is 7.08. The summed E-state index contributed by atoms with van der Waals surface area (Å²) in [5, 5.41) is 0. The van der Waals surface area contributed by atoms with E-state index in [1.165, 1.54) is 62.3 Å². The van der Waals surface area contributed by atoms with Gasteiger partial charge in [0.1, 0.15) is 0 Å². The van der Waals surface area contributed by atoms with E-state index in [1.54, 1.807) is 16.6 Å². The molecule has 1 unspecified atom stereocenters. The summed E-state index contributed by atoms with van der Waals surface area (Å²) in [5.41, 5.74) is 9.11. The molecule has 0 amide bonds. The van der Waals surface area contributed by atoms with Crippen LogP contribution >= 0.6 is 0 Å². The second kappa shape index (κ2) is 6.25. The van der Waals surface area contributed by atoms with Crippen molar-refractivity contribution in [3.8, 4) is 11.1 Å². The van der Waals surface area contributed by atoms with E-state index in [0.717, 1.165) is 6.71 Å². The van der Waals surface area contributed by atoms with E-state index < -0.39 is 0 Å². The minimum absolute atomic E-state index is 0.294. The van der Waals surface area contributed by atoms with Gasteiger partial charge in [-0.25, -0.2) is 0 Å². The molecule has 1 heterocycles. The molecule has 1 aliphatic heterocycles. The van der Waals surface area contributed by atoms with Gasteiger partial charge in [0, 0.05) is 5.41 Å². The van der Waals surface area contributed by atoms with E-state index in [1.807, 2.05) is 0 Å². The van der Waals surface area contributed by atoms with Crippen LogP contribution in [-0.2, 0) is 5.41 Å². The SMILES string of the molecule is CCC1(C)CB(c2ccc3c(c2)C2(CCCCC2)c2ccccc2-3)CC1(C)C. The molecule has 2 aliphatic carbocycles. The van der Waals surface area contributed by atoms with Crippen LogP contribution in [0, 0.1) is 10.8 Å². The third-order valence-corrected chi connectivity index (χ3v) is 9.34. The Morgan fingerprint density at radius 3 is 2.25 bits per heavy atom. The second-order valence-corrected chi connectivity index (χ2v) is 10.9. The average molecular weight is 370 g/mol. The maximum absolute atomic E-state index is 2.66. The number of rotatable bonds is 2. The minimum Gasteiger partial charge on any atom is -0.0797 e. The predicted molar refractivity (Wildman–Crippen MR) is 123 cm³/mol. The highest BCUT2D eigenvalue weighted by atomic mass is 14.5. The van der Waals surface area contributed by atoms with Crippen LogP contribution in [0.2, 0.25) is 12.6 Å². The molecule has 2 fully saturated rings. The highest BCUT2D eigenvalue weighted by Crippen LogP contribution is 2.57. The van der Waals surface area contributed by atoms with Crippen LogP contribution in [0.3, 0.4) is 0 Å². The highest BCUT2D eigenvalue weighted by molar-refractivity contribution is 6.74. The standard InChI is InChI=1S/C27H35B/c1-5-26(4)19-28(18-25(26,2)3)20-13-14-22-21-11-7-8-12-23(21)27(24(22)17-20)15-9-6-10-16-27/h7-8,11-14,17H,5-6,9-10,15-16,18-19H2,1-4H3. The highest BCUT2D eigenvalue weighted by Gasteiger charge is 2.50. The summed E-state index contributed by atoms with van der Waals surface area (Å²) in [6.07, 6.45) is 10.8. The molecular weight excluding hydrogens is 335 g/mol. The first-order valence-corrected chi connectivity index (χ1v) is 11.6. The van der Waals surface area contributed by atoms with Gasteiger partial charge in [-0.1, -0.05) is 114 Å². The Balaban J connectivity index is 1.60. The number of fused-ring (bicyclic) bond motifs is 5. The van der Waals surface area contributed by atoms with Crippen LogP contribution in [-0.4, -0.2) is 6.71 Å². The maximum atomic E-state index is 2.66. The molecule has 1 spiro atoms. The van der Waals surface area contributed by atoms with Crippen molar-refractivity contribution in [1.29, 1.82) is 0 Å². The molecule has 0 aromatic heterocycles. The molecule has 146 valence electrons. The largest absolute Gasteiger partial charge is 0.176 e. The van der Waals surface area contributed by atoms with Crippen LogP contribution < -0.4 is 5.46 Å². The Labute approximate surface area is 172 Å². The van der Waals surface area contributed by atoms with Crippen molar-refractivity contribution >= 4 is 12.2 Å². The summed E-state index contributed by atoms with van der Waals surface area (Å²) in [7, 11) is 0. The van der Waals surface area contributed by atoms with Gasteiger partial charge in [0.05, 0.1) is 0 Å². The fraction of sp³-hybridized carbons (Fsp3) is 0.556. The topological polar surface area (TPSA) is 0 Å². The first kappa shape index (κ1) is 18.5. The molecule has 2 aromatic carbocycles. The van der Waals surface area contributed by atoms with Crippen molar-refractivity contribution in [2.45, 2.75) is 84.3 Å². The van der Waals surface area contributed by atoms with Crippen LogP contribution in [0.1, 0.15) is 77.3 Å². The third kappa shape index (κ3) is 2.44. The lowest BCUT2D eigenvalue weighted by Gasteiger charge is -2.38. The normalized spacial score (nSPS) is 27.1.